The smallest absolute Gasteiger partial charge is 0.119 e. The van der Waals surface area contributed by atoms with Gasteiger partial charge in [-0.15, -0.1) is 0 Å². The maximum absolute atomic E-state index is 8.91. The van der Waals surface area contributed by atoms with Crippen LogP contribution < -0.4 is 10.5 Å². The third-order valence-corrected chi connectivity index (χ3v) is 2.02. The van der Waals surface area contributed by atoms with Gasteiger partial charge in [-0.1, -0.05) is 19.1 Å². The van der Waals surface area contributed by atoms with Crippen LogP contribution in [0.4, 0.5) is 0 Å². The average Bonchev–Trinajstić information content (AvgIpc) is 2.26. The monoisotopic (exact) mass is 195 g/mol. The highest BCUT2D eigenvalue weighted by molar-refractivity contribution is 5.27. The second-order valence-electron chi connectivity index (χ2n) is 3.46. The Morgan fingerprint density at radius 1 is 1.50 bits per heavy atom. The van der Waals surface area contributed by atoms with Gasteiger partial charge in [-0.2, -0.15) is 0 Å². The van der Waals surface area contributed by atoms with E-state index in [2.05, 4.69) is 0 Å². The molecule has 0 aliphatic carbocycles. The predicted octanol–water partition coefficient (Wildman–Crippen LogP) is 1.15. The van der Waals surface area contributed by atoms with Gasteiger partial charge in [0.25, 0.3) is 0 Å². The third-order valence-electron chi connectivity index (χ3n) is 2.02. The first-order valence-corrected chi connectivity index (χ1v) is 4.79. The van der Waals surface area contributed by atoms with Gasteiger partial charge in [0.1, 0.15) is 5.75 Å². The molecule has 1 rings (SSSR count). The normalized spacial score (nSPS) is 12.5. The van der Waals surface area contributed by atoms with Crippen LogP contribution in [0.1, 0.15) is 12.5 Å². The number of nitrogens with two attached hydrogens (primary N) is 1. The molecule has 0 aliphatic heterocycles. The molecule has 0 heterocycles. The van der Waals surface area contributed by atoms with Gasteiger partial charge in [-0.05, 0) is 24.2 Å². The Kier molecular flexibility index (Phi) is 4.43. The number of aliphatic hydroxyl groups excluding tert-OH is 1. The molecule has 1 unspecified atom stereocenters. The second kappa shape index (κ2) is 5.62. The van der Waals surface area contributed by atoms with Crippen LogP contribution in [-0.2, 0) is 6.61 Å². The van der Waals surface area contributed by atoms with E-state index >= 15 is 0 Å². The molecule has 0 aliphatic rings. The molecule has 0 radical (unpaired) electrons. The largest absolute Gasteiger partial charge is 0.493 e. The van der Waals surface area contributed by atoms with Crippen molar-refractivity contribution in [3.05, 3.63) is 29.8 Å². The Balaban J connectivity index is 2.50. The zero-order valence-electron chi connectivity index (χ0n) is 8.44. The summed E-state index contributed by atoms with van der Waals surface area (Å²) in [5.74, 6) is 1.14. The van der Waals surface area contributed by atoms with Crippen LogP contribution in [0.2, 0.25) is 0 Å². The van der Waals surface area contributed by atoms with Crippen molar-refractivity contribution < 1.29 is 9.84 Å². The summed E-state index contributed by atoms with van der Waals surface area (Å²) in [5.41, 5.74) is 6.34. The van der Waals surface area contributed by atoms with Crippen LogP contribution in [0.3, 0.4) is 0 Å². The van der Waals surface area contributed by atoms with Crippen molar-refractivity contribution in [3.63, 3.8) is 0 Å². The molecule has 78 valence electrons. The van der Waals surface area contributed by atoms with E-state index in [0.717, 1.165) is 11.3 Å². The van der Waals surface area contributed by atoms with Gasteiger partial charge in [0.2, 0.25) is 0 Å². The lowest BCUT2D eigenvalue weighted by Crippen LogP contribution is -2.18. The highest BCUT2D eigenvalue weighted by Crippen LogP contribution is 2.13. The lowest BCUT2D eigenvalue weighted by atomic mass is 10.2. The van der Waals surface area contributed by atoms with Crippen molar-refractivity contribution in [2.24, 2.45) is 11.7 Å². The van der Waals surface area contributed by atoms with Gasteiger partial charge in [0, 0.05) is 5.92 Å². The highest BCUT2D eigenvalue weighted by atomic mass is 16.5. The van der Waals surface area contributed by atoms with Gasteiger partial charge in [0.05, 0.1) is 13.2 Å². The molecule has 0 saturated heterocycles. The summed E-state index contributed by atoms with van der Waals surface area (Å²) in [4.78, 5) is 0. The molecule has 0 saturated carbocycles. The number of ether oxygens (including phenoxy) is 1. The number of hydrogen-bond donors (Lipinski definition) is 2. The number of rotatable bonds is 5. The minimum absolute atomic E-state index is 0.0453. The molecular formula is C11H17NO2. The highest BCUT2D eigenvalue weighted by Gasteiger charge is 2.00. The first-order valence-electron chi connectivity index (χ1n) is 4.79. The topological polar surface area (TPSA) is 55.5 Å². The Morgan fingerprint density at radius 3 is 2.93 bits per heavy atom. The van der Waals surface area contributed by atoms with Crippen LogP contribution >= 0.6 is 0 Å². The summed E-state index contributed by atoms with van der Waals surface area (Å²) in [6, 6.07) is 7.44. The molecule has 1 aromatic rings. The lowest BCUT2D eigenvalue weighted by molar-refractivity contribution is 0.260. The van der Waals surface area contributed by atoms with Crippen molar-refractivity contribution in [3.8, 4) is 5.75 Å². The number of hydrogen-bond acceptors (Lipinski definition) is 3. The van der Waals surface area contributed by atoms with Gasteiger partial charge >= 0.3 is 0 Å². The molecule has 1 atom stereocenters. The summed E-state index contributed by atoms with van der Waals surface area (Å²) in [6.07, 6.45) is 0. The molecule has 0 spiro atoms. The van der Waals surface area contributed by atoms with Crippen LogP contribution in [0.5, 0.6) is 5.75 Å². The van der Waals surface area contributed by atoms with E-state index < -0.39 is 0 Å². The van der Waals surface area contributed by atoms with Gasteiger partial charge < -0.3 is 15.6 Å². The van der Waals surface area contributed by atoms with Crippen molar-refractivity contribution in [2.45, 2.75) is 13.5 Å². The molecule has 0 fully saturated rings. The Morgan fingerprint density at radius 2 is 2.29 bits per heavy atom. The molecular weight excluding hydrogens is 178 g/mol. The van der Waals surface area contributed by atoms with Gasteiger partial charge in [-0.3, -0.25) is 0 Å². The van der Waals surface area contributed by atoms with E-state index in [4.69, 9.17) is 15.6 Å². The maximum Gasteiger partial charge on any atom is 0.119 e. The van der Waals surface area contributed by atoms with E-state index in [1.54, 1.807) is 0 Å². The zero-order valence-corrected chi connectivity index (χ0v) is 8.44. The van der Waals surface area contributed by atoms with Crippen molar-refractivity contribution in [2.75, 3.05) is 13.2 Å². The summed E-state index contributed by atoms with van der Waals surface area (Å²) in [6.45, 7) is 3.32. The summed E-state index contributed by atoms with van der Waals surface area (Å²) in [5, 5.41) is 8.91. The quantitative estimate of drug-likeness (QED) is 0.741. The minimum atomic E-state index is 0.0453. The molecule has 0 aromatic heterocycles. The van der Waals surface area contributed by atoms with Crippen molar-refractivity contribution in [1.82, 2.24) is 0 Å². The fourth-order valence-electron chi connectivity index (χ4n) is 1.04. The minimum Gasteiger partial charge on any atom is -0.493 e. The van der Waals surface area contributed by atoms with Crippen LogP contribution in [0.25, 0.3) is 0 Å². The molecule has 3 nitrogen and oxygen atoms in total. The molecule has 3 N–H and O–H groups in total. The first-order chi connectivity index (χ1) is 6.76. The standard InChI is InChI=1S/C11H17NO2/c1-9(6-12)8-14-11-4-2-3-10(5-11)7-13/h2-5,9,13H,6-8,12H2,1H3. The molecule has 3 heteroatoms. The summed E-state index contributed by atoms with van der Waals surface area (Å²) in [7, 11) is 0. The Labute approximate surface area is 84.5 Å². The van der Waals surface area contributed by atoms with E-state index in [1.807, 2.05) is 31.2 Å². The van der Waals surface area contributed by atoms with E-state index in [9.17, 15) is 0 Å². The fourth-order valence-corrected chi connectivity index (χ4v) is 1.04. The lowest BCUT2D eigenvalue weighted by Gasteiger charge is -2.11. The third kappa shape index (κ3) is 3.36. The van der Waals surface area contributed by atoms with Gasteiger partial charge in [-0.25, -0.2) is 0 Å². The fraction of sp³-hybridized carbons (Fsp3) is 0.455. The van der Waals surface area contributed by atoms with E-state index in [1.165, 1.54) is 0 Å². The zero-order chi connectivity index (χ0) is 10.4. The first kappa shape index (κ1) is 11.0. The van der Waals surface area contributed by atoms with E-state index in [-0.39, 0.29) is 6.61 Å². The number of benzene rings is 1. The van der Waals surface area contributed by atoms with Crippen LogP contribution in [-0.4, -0.2) is 18.3 Å². The Hall–Kier alpha value is -1.06. The predicted molar refractivity (Wildman–Crippen MR) is 56.1 cm³/mol. The Bertz CT molecular complexity index is 276. The van der Waals surface area contributed by atoms with Crippen molar-refractivity contribution in [1.29, 1.82) is 0 Å². The SMILES string of the molecule is CC(CN)COc1cccc(CO)c1. The van der Waals surface area contributed by atoms with E-state index in [0.29, 0.717) is 19.1 Å². The average molecular weight is 195 g/mol. The van der Waals surface area contributed by atoms with Crippen molar-refractivity contribution >= 4 is 0 Å². The molecule has 14 heavy (non-hydrogen) atoms. The maximum atomic E-state index is 8.91. The second-order valence-corrected chi connectivity index (χ2v) is 3.46. The number of aliphatic hydroxyl groups is 1. The summed E-state index contributed by atoms with van der Waals surface area (Å²) >= 11 is 0. The summed E-state index contributed by atoms with van der Waals surface area (Å²) < 4.78 is 5.51. The molecule has 0 bridgehead atoms. The van der Waals surface area contributed by atoms with Crippen LogP contribution in [0.15, 0.2) is 24.3 Å². The molecule has 1 aromatic carbocycles. The molecule has 0 amide bonds. The van der Waals surface area contributed by atoms with Crippen LogP contribution in [0, 0.1) is 5.92 Å². The van der Waals surface area contributed by atoms with Gasteiger partial charge in [0.15, 0.2) is 0 Å².